The van der Waals surface area contributed by atoms with Gasteiger partial charge in [0.1, 0.15) is 18.2 Å². The fourth-order valence-corrected chi connectivity index (χ4v) is 10.3. The highest BCUT2D eigenvalue weighted by Crippen LogP contribution is 2.35. The SMILES string of the molecule is C[C@H](c1cccc(-n2cc3c(C(F)(F)F)cc(CN4CCC(OCCc5ccc(CN6CCN(c7ccc8c(c7)CN([C@@H]7CCC(=O)NC7=O)C8=O)CC6)cc5)CC4)cn3c2=O)c1)c1nncn1C. The van der Waals surface area contributed by atoms with Crippen molar-refractivity contribution in [3.63, 3.8) is 0 Å². The van der Waals surface area contributed by atoms with Crippen LogP contribution in [0.5, 0.6) is 0 Å². The van der Waals surface area contributed by atoms with E-state index < -0.39 is 29.4 Å². The summed E-state index contributed by atoms with van der Waals surface area (Å²) >= 11 is 0. The molecule has 6 aromatic rings. The maximum Gasteiger partial charge on any atom is 0.418 e. The minimum absolute atomic E-state index is 0.0584. The van der Waals surface area contributed by atoms with Gasteiger partial charge in [0.05, 0.1) is 29.5 Å². The fraction of sp³-hybridized carbons (Fsp3) is 0.412. The number of likely N-dealkylation sites (tertiary alicyclic amines) is 1. The molecule has 0 radical (unpaired) electrons. The van der Waals surface area contributed by atoms with Gasteiger partial charge in [-0.15, -0.1) is 10.2 Å². The minimum Gasteiger partial charge on any atom is -0.378 e. The van der Waals surface area contributed by atoms with Crippen molar-refractivity contribution in [1.29, 1.82) is 0 Å². The fourth-order valence-electron chi connectivity index (χ4n) is 10.3. The first kappa shape index (κ1) is 46.1. The molecule has 3 amide bonds. The number of carbonyl (C=O) groups is 3. The number of anilines is 1. The van der Waals surface area contributed by atoms with E-state index in [0.29, 0.717) is 49.5 Å². The average Bonchev–Trinajstić information content (AvgIpc) is 4.03. The van der Waals surface area contributed by atoms with E-state index >= 15 is 0 Å². The number of alkyl halides is 3. The van der Waals surface area contributed by atoms with Crippen LogP contribution < -0.4 is 15.9 Å². The lowest BCUT2D eigenvalue weighted by Gasteiger charge is -2.36. The van der Waals surface area contributed by atoms with Crippen LogP contribution in [0.4, 0.5) is 18.9 Å². The molecule has 69 heavy (non-hydrogen) atoms. The second-order valence-electron chi connectivity index (χ2n) is 18.8. The van der Waals surface area contributed by atoms with E-state index in [9.17, 15) is 32.3 Å². The van der Waals surface area contributed by atoms with Gasteiger partial charge in [0.25, 0.3) is 5.91 Å². The van der Waals surface area contributed by atoms with E-state index in [-0.39, 0.29) is 42.3 Å². The summed E-state index contributed by atoms with van der Waals surface area (Å²) in [6.07, 6.45) is 2.68. The number of aromatic nitrogens is 5. The van der Waals surface area contributed by atoms with Crippen molar-refractivity contribution in [2.24, 2.45) is 7.05 Å². The Hall–Kier alpha value is -6.63. The second kappa shape index (κ2) is 19.0. The van der Waals surface area contributed by atoms with Gasteiger partial charge in [0, 0.05) is 102 Å². The Balaban J connectivity index is 0.679. The Kier molecular flexibility index (Phi) is 12.7. The number of piperazine rings is 1. The van der Waals surface area contributed by atoms with Crippen molar-refractivity contribution in [2.75, 3.05) is 50.8 Å². The zero-order valence-corrected chi connectivity index (χ0v) is 38.7. The number of hydrogen-bond acceptors (Lipinski definition) is 10. The number of imide groups is 1. The molecule has 2 atom stereocenters. The average molecular weight is 945 g/mol. The van der Waals surface area contributed by atoms with Gasteiger partial charge in [-0.1, -0.05) is 43.3 Å². The predicted octanol–water partition coefficient (Wildman–Crippen LogP) is 5.70. The molecule has 0 spiro atoms. The number of piperidine rings is 2. The van der Waals surface area contributed by atoms with Gasteiger partial charge in [-0.25, -0.2) is 4.79 Å². The zero-order valence-electron chi connectivity index (χ0n) is 38.7. The quantitative estimate of drug-likeness (QED) is 0.144. The summed E-state index contributed by atoms with van der Waals surface area (Å²) in [5.41, 5.74) is 5.14. The standard InChI is InChI=1S/C51H55F3N10O5/c1-33(47-57-55-32-58(47)2)37-4-3-5-40(25-37)62-31-45-43(51(52,53)54)24-36(29-64(45)50(62)68)28-59-17-14-41(15-18-59)69-23-16-34-6-8-35(9-7-34)27-60-19-21-61(22-20-60)39-10-11-42-38(26-39)30-63(49(42)67)44-12-13-46(65)56-48(44)66/h3-11,24-26,29,31-33,41,44H,12-23,27-28,30H2,1-2H3,(H,56,65,66)/t33-,44-/m1/s1. The van der Waals surface area contributed by atoms with Crippen molar-refractivity contribution in [2.45, 2.75) is 82.9 Å². The summed E-state index contributed by atoms with van der Waals surface area (Å²) < 4.78 is 54.2. The number of ether oxygens (including phenoxy) is 1. The van der Waals surface area contributed by atoms with Crippen molar-refractivity contribution in [3.8, 4) is 5.69 Å². The number of pyridine rings is 1. The number of amides is 3. The third kappa shape index (κ3) is 9.70. The lowest BCUT2D eigenvalue weighted by Crippen LogP contribution is -2.52. The van der Waals surface area contributed by atoms with E-state index in [1.165, 1.54) is 34.2 Å². The van der Waals surface area contributed by atoms with Crippen LogP contribution in [0.15, 0.2) is 96.3 Å². The number of halogens is 3. The summed E-state index contributed by atoms with van der Waals surface area (Å²) in [4.78, 5) is 59.5. The molecular formula is C51H55F3N10O5. The molecule has 3 aromatic heterocycles. The molecule has 3 fully saturated rings. The molecule has 360 valence electrons. The summed E-state index contributed by atoms with van der Waals surface area (Å²) in [5.74, 6) is -0.295. The molecule has 4 aliphatic heterocycles. The van der Waals surface area contributed by atoms with Crippen LogP contribution in [0, 0.1) is 0 Å². The number of fused-ring (bicyclic) bond motifs is 2. The molecule has 3 aromatic carbocycles. The Bertz CT molecular complexity index is 2950. The highest BCUT2D eigenvalue weighted by molar-refractivity contribution is 6.05. The van der Waals surface area contributed by atoms with E-state index in [1.54, 1.807) is 29.4 Å². The number of carbonyl (C=O) groups excluding carboxylic acids is 3. The number of hydrogen-bond donors (Lipinski definition) is 1. The number of aryl methyl sites for hydroxylation is 1. The van der Waals surface area contributed by atoms with Gasteiger partial charge in [-0.2, -0.15) is 13.2 Å². The smallest absolute Gasteiger partial charge is 0.378 e. The number of nitrogens with one attached hydrogen (secondary N) is 1. The first-order valence-corrected chi connectivity index (χ1v) is 23.7. The molecule has 0 saturated carbocycles. The third-order valence-electron chi connectivity index (χ3n) is 14.3. The Morgan fingerprint density at radius 2 is 1.55 bits per heavy atom. The number of nitrogens with zero attached hydrogens (tertiary/aromatic N) is 9. The molecule has 18 heteroatoms. The topological polar surface area (TPSA) is 143 Å². The van der Waals surface area contributed by atoms with Gasteiger partial charge in [0.15, 0.2) is 0 Å². The van der Waals surface area contributed by atoms with Gasteiger partial charge >= 0.3 is 11.9 Å². The summed E-state index contributed by atoms with van der Waals surface area (Å²) in [6, 6.07) is 22.3. The highest BCUT2D eigenvalue weighted by atomic mass is 19.4. The molecule has 0 bridgehead atoms. The number of imidazole rings is 1. The number of benzene rings is 3. The summed E-state index contributed by atoms with van der Waals surface area (Å²) in [7, 11) is 1.84. The first-order valence-electron chi connectivity index (χ1n) is 23.7. The van der Waals surface area contributed by atoms with Crippen molar-refractivity contribution >= 4 is 28.9 Å². The van der Waals surface area contributed by atoms with Gasteiger partial charge in [0.2, 0.25) is 11.8 Å². The Morgan fingerprint density at radius 1 is 0.812 bits per heavy atom. The van der Waals surface area contributed by atoms with Gasteiger partial charge in [-0.05, 0) is 89.9 Å². The summed E-state index contributed by atoms with van der Waals surface area (Å²) in [6.45, 7) is 8.86. The molecular weight excluding hydrogens is 890 g/mol. The minimum atomic E-state index is -4.66. The van der Waals surface area contributed by atoms with Crippen LogP contribution in [-0.2, 0) is 53.6 Å². The van der Waals surface area contributed by atoms with Crippen LogP contribution in [-0.4, -0.2) is 114 Å². The molecule has 4 aliphatic rings. The summed E-state index contributed by atoms with van der Waals surface area (Å²) in [5, 5.41) is 10.5. The van der Waals surface area contributed by atoms with Crippen molar-refractivity contribution in [3.05, 3.63) is 147 Å². The van der Waals surface area contributed by atoms with Crippen LogP contribution in [0.25, 0.3) is 11.2 Å². The zero-order chi connectivity index (χ0) is 48.0. The third-order valence-corrected chi connectivity index (χ3v) is 14.3. The van der Waals surface area contributed by atoms with E-state index in [4.69, 9.17) is 4.74 Å². The Morgan fingerprint density at radius 3 is 2.28 bits per heavy atom. The van der Waals surface area contributed by atoms with Crippen LogP contribution >= 0.6 is 0 Å². The molecule has 0 aliphatic carbocycles. The molecule has 3 saturated heterocycles. The maximum absolute atomic E-state index is 14.6. The first-order chi connectivity index (χ1) is 33.2. The Labute approximate surface area is 397 Å². The number of rotatable bonds is 13. The lowest BCUT2D eigenvalue weighted by molar-refractivity contribution is -0.137. The largest absolute Gasteiger partial charge is 0.418 e. The predicted molar refractivity (Wildman–Crippen MR) is 251 cm³/mol. The highest BCUT2D eigenvalue weighted by Gasteiger charge is 2.40. The maximum atomic E-state index is 14.6. The molecule has 0 unspecified atom stereocenters. The molecule has 7 heterocycles. The van der Waals surface area contributed by atoms with E-state index in [0.717, 1.165) is 79.0 Å². The van der Waals surface area contributed by atoms with Crippen molar-refractivity contribution in [1.82, 2.24) is 43.7 Å². The molecule has 10 rings (SSSR count). The second-order valence-corrected chi connectivity index (χ2v) is 18.8. The van der Waals surface area contributed by atoms with E-state index in [2.05, 4.69) is 60.5 Å². The van der Waals surface area contributed by atoms with Crippen LogP contribution in [0.3, 0.4) is 0 Å². The monoisotopic (exact) mass is 944 g/mol. The molecule has 15 nitrogen and oxygen atoms in total. The normalized spacial score (nSPS) is 19.1. The van der Waals surface area contributed by atoms with Crippen molar-refractivity contribution < 1.29 is 32.3 Å². The van der Waals surface area contributed by atoms with Gasteiger partial charge < -0.3 is 19.1 Å². The molecule has 1 N–H and O–H groups in total. The van der Waals surface area contributed by atoms with Gasteiger partial charge in [-0.3, -0.25) is 38.5 Å². The van der Waals surface area contributed by atoms with E-state index in [1.807, 2.05) is 36.7 Å². The van der Waals surface area contributed by atoms with Crippen LogP contribution in [0.2, 0.25) is 0 Å². The van der Waals surface area contributed by atoms with Crippen LogP contribution in [0.1, 0.15) is 88.1 Å². The lowest BCUT2D eigenvalue weighted by atomic mass is 10.00.